The fourth-order valence-electron chi connectivity index (χ4n) is 0.649. The van der Waals surface area contributed by atoms with Crippen molar-refractivity contribution in [2.45, 2.75) is 25.4 Å². The Morgan fingerprint density at radius 2 is 1.50 bits per heavy atom. The summed E-state index contributed by atoms with van der Waals surface area (Å²) in [6.45, 7) is 0. The molecule has 0 radical (unpaired) electrons. The monoisotopic (exact) mass is 242 g/mol. The smallest absolute Gasteiger partial charge is 0.397 e. The third-order valence-corrected chi connectivity index (χ3v) is 1.27. The molecule has 16 heavy (non-hydrogen) atoms. The van der Waals surface area contributed by atoms with Crippen LogP contribution in [-0.2, 0) is 14.4 Å². The van der Waals surface area contributed by atoms with Crippen molar-refractivity contribution in [1.29, 1.82) is 0 Å². The van der Waals surface area contributed by atoms with Crippen molar-refractivity contribution in [2.75, 3.05) is 0 Å². The average Bonchev–Trinajstić information content (AvgIpc) is 2.08. The fourth-order valence-corrected chi connectivity index (χ4v) is 0.649. The van der Waals surface area contributed by atoms with E-state index >= 15 is 0 Å². The summed E-state index contributed by atoms with van der Waals surface area (Å²) in [6, 6.07) is 0. The number of alkyl halides is 3. The first-order chi connectivity index (χ1) is 7.20. The Labute approximate surface area is 87.8 Å². The van der Waals surface area contributed by atoms with Gasteiger partial charge in [-0.05, 0) is 0 Å². The van der Waals surface area contributed by atoms with E-state index in [1.54, 1.807) is 5.43 Å². The van der Waals surface area contributed by atoms with Crippen LogP contribution in [0.4, 0.5) is 13.2 Å². The van der Waals surface area contributed by atoms with Gasteiger partial charge in [0.25, 0.3) is 0 Å². The number of carboxylic acid groups (broad SMARTS) is 1. The van der Waals surface area contributed by atoms with Gasteiger partial charge in [-0.3, -0.25) is 25.2 Å². The largest absolute Gasteiger partial charge is 0.481 e. The minimum absolute atomic E-state index is 0.429. The van der Waals surface area contributed by atoms with E-state index in [-0.39, 0.29) is 0 Å². The van der Waals surface area contributed by atoms with Crippen molar-refractivity contribution in [2.24, 2.45) is 0 Å². The molecule has 3 N–H and O–H groups in total. The zero-order valence-electron chi connectivity index (χ0n) is 7.93. The van der Waals surface area contributed by atoms with Crippen LogP contribution in [0.3, 0.4) is 0 Å². The first-order valence-electron chi connectivity index (χ1n) is 4.07. The second kappa shape index (κ2) is 5.93. The summed E-state index contributed by atoms with van der Waals surface area (Å²) < 4.78 is 34.9. The van der Waals surface area contributed by atoms with Gasteiger partial charge in [-0.25, -0.2) is 0 Å². The molecule has 0 atom stereocenters. The normalized spacial score (nSPS) is 10.7. The van der Waals surface area contributed by atoms with Crippen molar-refractivity contribution >= 4 is 17.8 Å². The quantitative estimate of drug-likeness (QED) is 0.602. The van der Waals surface area contributed by atoms with E-state index in [1.165, 1.54) is 5.43 Å². The molecule has 0 bridgehead atoms. The molecule has 0 saturated carbocycles. The van der Waals surface area contributed by atoms with Crippen LogP contribution < -0.4 is 10.9 Å². The van der Waals surface area contributed by atoms with Gasteiger partial charge in [0.2, 0.25) is 11.8 Å². The Hall–Kier alpha value is -1.80. The molecular weight excluding hydrogens is 233 g/mol. The van der Waals surface area contributed by atoms with Crippen molar-refractivity contribution < 1.29 is 32.7 Å². The molecule has 0 rings (SSSR count). The lowest BCUT2D eigenvalue weighted by Gasteiger charge is -2.08. The highest BCUT2D eigenvalue weighted by Gasteiger charge is 2.31. The summed E-state index contributed by atoms with van der Waals surface area (Å²) >= 11 is 0. The lowest BCUT2D eigenvalue weighted by molar-refractivity contribution is -0.155. The van der Waals surface area contributed by atoms with E-state index in [0.29, 0.717) is 0 Å². The van der Waals surface area contributed by atoms with Gasteiger partial charge in [0.15, 0.2) is 0 Å². The first-order valence-corrected chi connectivity index (χ1v) is 4.07. The molecule has 0 aromatic rings. The molecule has 0 aliphatic heterocycles. The highest BCUT2D eigenvalue weighted by molar-refractivity contribution is 5.84. The number of aliphatic carboxylic acids is 1. The van der Waals surface area contributed by atoms with Crippen LogP contribution in [0.2, 0.25) is 0 Å². The zero-order valence-corrected chi connectivity index (χ0v) is 7.93. The molecule has 0 spiro atoms. The number of rotatable bonds is 4. The molecular formula is C7H9F3N2O4. The van der Waals surface area contributed by atoms with E-state index in [1.807, 2.05) is 0 Å². The summed E-state index contributed by atoms with van der Waals surface area (Å²) in [5.41, 5.74) is 3.17. The fraction of sp³-hybridized carbons (Fsp3) is 0.571. The molecule has 0 aliphatic rings. The Kier molecular flexibility index (Phi) is 5.26. The number of carbonyl (C=O) groups excluding carboxylic acids is 2. The molecule has 2 amide bonds. The van der Waals surface area contributed by atoms with Crippen LogP contribution in [0.1, 0.15) is 19.3 Å². The Balaban J connectivity index is 3.76. The molecule has 0 fully saturated rings. The van der Waals surface area contributed by atoms with Crippen LogP contribution in [0.5, 0.6) is 0 Å². The van der Waals surface area contributed by atoms with Crippen molar-refractivity contribution in [1.82, 2.24) is 10.9 Å². The third kappa shape index (κ3) is 8.78. The summed E-state index contributed by atoms with van der Waals surface area (Å²) in [6.07, 6.45) is -7.27. The summed E-state index contributed by atoms with van der Waals surface area (Å²) in [7, 11) is 0. The second-order valence-corrected chi connectivity index (χ2v) is 2.78. The predicted molar refractivity (Wildman–Crippen MR) is 43.8 cm³/mol. The van der Waals surface area contributed by atoms with E-state index in [2.05, 4.69) is 0 Å². The van der Waals surface area contributed by atoms with Gasteiger partial charge in [-0.15, -0.1) is 0 Å². The molecule has 0 heterocycles. The number of hydrogen-bond donors (Lipinski definition) is 3. The topological polar surface area (TPSA) is 95.5 Å². The van der Waals surface area contributed by atoms with Crippen molar-refractivity contribution in [3.63, 3.8) is 0 Å². The second-order valence-electron chi connectivity index (χ2n) is 2.78. The predicted octanol–water partition coefficient (Wildman–Crippen LogP) is -0.0490. The number of nitrogens with one attached hydrogen (secondary N) is 2. The van der Waals surface area contributed by atoms with Gasteiger partial charge in [-0.1, -0.05) is 0 Å². The van der Waals surface area contributed by atoms with Crippen LogP contribution in [0.15, 0.2) is 0 Å². The Morgan fingerprint density at radius 3 is 1.94 bits per heavy atom. The number of hydrazine groups is 1. The molecule has 0 aliphatic carbocycles. The van der Waals surface area contributed by atoms with E-state index in [4.69, 9.17) is 5.11 Å². The van der Waals surface area contributed by atoms with Gasteiger partial charge in [0.1, 0.15) is 6.42 Å². The number of halogens is 3. The Bertz CT molecular complexity index is 290. The maximum absolute atomic E-state index is 11.6. The number of carbonyl (C=O) groups is 3. The van der Waals surface area contributed by atoms with Crippen LogP contribution >= 0.6 is 0 Å². The molecule has 0 unspecified atom stereocenters. The zero-order chi connectivity index (χ0) is 12.8. The minimum atomic E-state index is -4.66. The molecule has 9 heteroatoms. The van der Waals surface area contributed by atoms with E-state index in [0.717, 1.165) is 0 Å². The van der Waals surface area contributed by atoms with Gasteiger partial charge >= 0.3 is 12.1 Å². The van der Waals surface area contributed by atoms with Crippen LogP contribution in [0, 0.1) is 0 Å². The molecule has 92 valence electrons. The van der Waals surface area contributed by atoms with Crippen LogP contribution in [-0.4, -0.2) is 29.1 Å². The molecule has 0 aromatic heterocycles. The summed E-state index contributed by atoms with van der Waals surface area (Å²) in [4.78, 5) is 31.3. The number of hydrogen-bond acceptors (Lipinski definition) is 3. The SMILES string of the molecule is O=C(O)CCC(=O)NNC(=O)CC(F)(F)F. The highest BCUT2D eigenvalue weighted by Crippen LogP contribution is 2.18. The van der Waals surface area contributed by atoms with Gasteiger partial charge in [-0.2, -0.15) is 13.2 Å². The Morgan fingerprint density at radius 1 is 1.00 bits per heavy atom. The maximum atomic E-state index is 11.6. The third-order valence-electron chi connectivity index (χ3n) is 1.27. The molecule has 0 saturated heterocycles. The standard InChI is InChI=1S/C7H9F3N2O4/c8-7(9,10)3-5(14)12-11-4(13)1-2-6(15)16/h1-3H2,(H,11,13)(H,12,14)(H,15,16). The lowest BCUT2D eigenvalue weighted by Crippen LogP contribution is -2.43. The van der Waals surface area contributed by atoms with E-state index in [9.17, 15) is 27.6 Å². The van der Waals surface area contributed by atoms with Crippen molar-refractivity contribution in [3.05, 3.63) is 0 Å². The van der Waals surface area contributed by atoms with Gasteiger partial charge in [0.05, 0.1) is 6.42 Å². The van der Waals surface area contributed by atoms with Gasteiger partial charge in [0, 0.05) is 6.42 Å². The molecule has 6 nitrogen and oxygen atoms in total. The average molecular weight is 242 g/mol. The maximum Gasteiger partial charge on any atom is 0.397 e. The van der Waals surface area contributed by atoms with Crippen LogP contribution in [0.25, 0.3) is 0 Å². The van der Waals surface area contributed by atoms with E-state index < -0.39 is 43.2 Å². The number of amides is 2. The summed E-state index contributed by atoms with van der Waals surface area (Å²) in [5, 5.41) is 8.18. The minimum Gasteiger partial charge on any atom is -0.481 e. The van der Waals surface area contributed by atoms with Gasteiger partial charge < -0.3 is 5.11 Å². The summed E-state index contributed by atoms with van der Waals surface area (Å²) in [5.74, 6) is -3.52. The first kappa shape index (κ1) is 14.2. The lowest BCUT2D eigenvalue weighted by atomic mass is 10.3. The molecule has 0 aromatic carbocycles. The highest BCUT2D eigenvalue weighted by atomic mass is 19.4. The van der Waals surface area contributed by atoms with Crippen molar-refractivity contribution in [3.8, 4) is 0 Å². The number of carboxylic acids is 1.